The summed E-state index contributed by atoms with van der Waals surface area (Å²) in [5, 5.41) is 2.61. The number of alkyl carbamates (subject to hydrolysis) is 1. The summed E-state index contributed by atoms with van der Waals surface area (Å²) in [6.45, 7) is 0.160. The van der Waals surface area contributed by atoms with Crippen LogP contribution in [0.15, 0.2) is 60.7 Å². The van der Waals surface area contributed by atoms with Crippen molar-refractivity contribution in [3.63, 3.8) is 0 Å². The van der Waals surface area contributed by atoms with E-state index in [1.807, 2.05) is 60.7 Å². The number of ketones is 1. The maximum Gasteiger partial charge on any atom is 0.408 e. The maximum absolute atomic E-state index is 11.9. The summed E-state index contributed by atoms with van der Waals surface area (Å²) in [6.07, 6.45) is 0.540. The van der Waals surface area contributed by atoms with Crippen LogP contribution in [0.4, 0.5) is 4.79 Å². The minimum absolute atomic E-state index is 0.140. The first kappa shape index (κ1) is 18.0. The lowest BCUT2D eigenvalue weighted by Crippen LogP contribution is -2.42. The second-order valence-corrected chi connectivity index (χ2v) is 5.65. The van der Waals surface area contributed by atoms with Crippen LogP contribution in [0.25, 0.3) is 0 Å². The van der Waals surface area contributed by atoms with Crippen molar-refractivity contribution in [2.75, 3.05) is 5.88 Å². The third-order valence-corrected chi connectivity index (χ3v) is 3.85. The van der Waals surface area contributed by atoms with E-state index in [1.54, 1.807) is 0 Å². The monoisotopic (exact) mass is 345 g/mol. The van der Waals surface area contributed by atoms with Gasteiger partial charge in [0.2, 0.25) is 0 Å². The Bertz CT molecular complexity index is 646. The quantitative estimate of drug-likeness (QED) is 0.742. The van der Waals surface area contributed by atoms with E-state index in [2.05, 4.69) is 5.32 Å². The minimum Gasteiger partial charge on any atom is -0.445 e. The van der Waals surface area contributed by atoms with Crippen molar-refractivity contribution in [1.82, 2.24) is 5.32 Å². The molecule has 2 aromatic carbocycles. The van der Waals surface area contributed by atoms with Crippen LogP contribution in [0.2, 0.25) is 0 Å². The number of hydrogen-bond acceptors (Lipinski definition) is 3. The summed E-state index contributed by atoms with van der Waals surface area (Å²) in [5.41, 5.74) is 1.99. The molecule has 0 radical (unpaired) electrons. The fourth-order valence-electron chi connectivity index (χ4n) is 2.27. The van der Waals surface area contributed by atoms with Crippen LogP contribution in [0.1, 0.15) is 17.5 Å². The lowest BCUT2D eigenvalue weighted by atomic mass is 10.0. The molecule has 4 nitrogen and oxygen atoms in total. The molecule has 0 bridgehead atoms. The van der Waals surface area contributed by atoms with Gasteiger partial charge in [0.1, 0.15) is 6.61 Å². The second kappa shape index (κ2) is 9.73. The Morgan fingerprint density at radius 2 is 1.54 bits per heavy atom. The SMILES string of the molecule is O=C(NC(CCc1ccccc1)C(=O)CCl)OCc1ccccc1. The first-order valence-corrected chi connectivity index (χ1v) is 8.32. The molecular formula is C19H20ClNO3. The van der Waals surface area contributed by atoms with Gasteiger partial charge in [-0.1, -0.05) is 60.7 Å². The third kappa shape index (κ3) is 6.05. The number of amides is 1. The normalized spacial score (nSPS) is 11.5. The van der Waals surface area contributed by atoms with Gasteiger partial charge in [-0.05, 0) is 24.0 Å². The molecule has 5 heteroatoms. The Hall–Kier alpha value is -2.33. The Balaban J connectivity index is 1.85. The number of Topliss-reactive ketones (excluding diaryl/α,β-unsaturated/α-hetero) is 1. The van der Waals surface area contributed by atoms with Crippen molar-refractivity contribution >= 4 is 23.5 Å². The summed E-state index contributed by atoms with van der Waals surface area (Å²) in [4.78, 5) is 23.9. The van der Waals surface area contributed by atoms with Gasteiger partial charge in [0.05, 0.1) is 11.9 Å². The molecule has 0 aliphatic heterocycles. The van der Waals surface area contributed by atoms with Crippen LogP contribution in [0.3, 0.4) is 0 Å². The van der Waals surface area contributed by atoms with Crippen LogP contribution in [-0.4, -0.2) is 23.8 Å². The van der Waals surface area contributed by atoms with Gasteiger partial charge in [-0.2, -0.15) is 0 Å². The number of alkyl halides is 1. The molecule has 2 aromatic rings. The van der Waals surface area contributed by atoms with Gasteiger partial charge < -0.3 is 10.1 Å². The van der Waals surface area contributed by atoms with E-state index in [1.165, 1.54) is 0 Å². The van der Waals surface area contributed by atoms with E-state index in [-0.39, 0.29) is 18.3 Å². The lowest BCUT2D eigenvalue weighted by Gasteiger charge is -2.16. The van der Waals surface area contributed by atoms with E-state index in [4.69, 9.17) is 16.3 Å². The van der Waals surface area contributed by atoms with E-state index < -0.39 is 12.1 Å². The molecule has 0 fully saturated rings. The molecule has 0 spiro atoms. The fraction of sp³-hybridized carbons (Fsp3) is 0.263. The highest BCUT2D eigenvalue weighted by atomic mass is 35.5. The Morgan fingerprint density at radius 1 is 0.958 bits per heavy atom. The summed E-state index contributed by atoms with van der Waals surface area (Å²) in [7, 11) is 0. The number of aryl methyl sites for hydroxylation is 1. The lowest BCUT2D eigenvalue weighted by molar-refractivity contribution is -0.118. The number of ether oxygens (including phenoxy) is 1. The summed E-state index contributed by atoms with van der Waals surface area (Å²) in [5.74, 6) is -0.359. The average Bonchev–Trinajstić information content (AvgIpc) is 2.64. The first-order chi connectivity index (χ1) is 11.7. The third-order valence-electron chi connectivity index (χ3n) is 3.59. The second-order valence-electron chi connectivity index (χ2n) is 5.38. The highest BCUT2D eigenvalue weighted by Crippen LogP contribution is 2.07. The van der Waals surface area contributed by atoms with Gasteiger partial charge in [-0.3, -0.25) is 4.79 Å². The molecule has 1 unspecified atom stereocenters. The van der Waals surface area contributed by atoms with Crippen molar-refractivity contribution < 1.29 is 14.3 Å². The highest BCUT2D eigenvalue weighted by molar-refractivity contribution is 6.28. The van der Waals surface area contributed by atoms with Gasteiger partial charge in [0.15, 0.2) is 5.78 Å². The van der Waals surface area contributed by atoms with Gasteiger partial charge in [0, 0.05) is 0 Å². The predicted octanol–water partition coefficient (Wildman–Crippen LogP) is 3.72. The summed E-state index contributed by atoms with van der Waals surface area (Å²) in [6, 6.07) is 18.5. The number of nitrogens with one attached hydrogen (secondary N) is 1. The van der Waals surface area contributed by atoms with Crippen LogP contribution in [0, 0.1) is 0 Å². The standard InChI is InChI=1S/C19H20ClNO3/c20-13-18(22)17(12-11-15-7-3-1-4-8-15)21-19(23)24-14-16-9-5-2-6-10-16/h1-10,17H,11-14H2,(H,21,23). The van der Waals surface area contributed by atoms with Gasteiger partial charge in [-0.25, -0.2) is 4.79 Å². The van der Waals surface area contributed by atoms with Crippen LogP contribution < -0.4 is 5.32 Å². The van der Waals surface area contributed by atoms with Gasteiger partial charge in [-0.15, -0.1) is 11.6 Å². The molecule has 2 rings (SSSR count). The van der Waals surface area contributed by atoms with Gasteiger partial charge >= 0.3 is 6.09 Å². The molecule has 0 saturated heterocycles. The van der Waals surface area contributed by atoms with E-state index in [9.17, 15) is 9.59 Å². The summed E-state index contributed by atoms with van der Waals surface area (Å²) >= 11 is 5.64. The Labute approximate surface area is 146 Å². The van der Waals surface area contributed by atoms with Crippen molar-refractivity contribution in [2.45, 2.75) is 25.5 Å². The van der Waals surface area contributed by atoms with Crippen molar-refractivity contribution in [1.29, 1.82) is 0 Å². The number of carbonyl (C=O) groups is 2. The molecule has 1 N–H and O–H groups in total. The average molecular weight is 346 g/mol. The number of benzene rings is 2. The highest BCUT2D eigenvalue weighted by Gasteiger charge is 2.20. The zero-order chi connectivity index (χ0) is 17.2. The number of rotatable bonds is 8. The largest absolute Gasteiger partial charge is 0.445 e. The van der Waals surface area contributed by atoms with Crippen LogP contribution >= 0.6 is 11.6 Å². The molecule has 0 heterocycles. The number of hydrogen-bond donors (Lipinski definition) is 1. The van der Waals surface area contributed by atoms with E-state index in [0.29, 0.717) is 12.8 Å². The summed E-state index contributed by atoms with van der Waals surface area (Å²) < 4.78 is 5.16. The van der Waals surface area contributed by atoms with E-state index in [0.717, 1.165) is 11.1 Å². The predicted molar refractivity (Wildman–Crippen MR) is 94.0 cm³/mol. The molecule has 0 aliphatic carbocycles. The van der Waals surface area contributed by atoms with Crippen molar-refractivity contribution in [3.8, 4) is 0 Å². The maximum atomic E-state index is 11.9. The molecule has 126 valence electrons. The van der Waals surface area contributed by atoms with Crippen molar-refractivity contribution in [3.05, 3.63) is 71.8 Å². The topological polar surface area (TPSA) is 55.4 Å². The zero-order valence-corrected chi connectivity index (χ0v) is 14.0. The van der Waals surface area contributed by atoms with Gasteiger partial charge in [0.25, 0.3) is 0 Å². The number of halogens is 1. The first-order valence-electron chi connectivity index (χ1n) is 7.79. The zero-order valence-electron chi connectivity index (χ0n) is 13.3. The molecular weight excluding hydrogens is 326 g/mol. The molecule has 24 heavy (non-hydrogen) atoms. The van der Waals surface area contributed by atoms with Crippen LogP contribution in [-0.2, 0) is 22.6 Å². The Morgan fingerprint density at radius 3 is 2.12 bits per heavy atom. The van der Waals surface area contributed by atoms with E-state index >= 15 is 0 Å². The molecule has 0 aromatic heterocycles. The van der Waals surface area contributed by atoms with Crippen LogP contribution in [0.5, 0.6) is 0 Å². The molecule has 1 amide bonds. The molecule has 0 aliphatic rings. The molecule has 0 saturated carbocycles. The Kier molecular flexibility index (Phi) is 7.30. The minimum atomic E-state index is -0.647. The smallest absolute Gasteiger partial charge is 0.408 e. The fourth-order valence-corrected chi connectivity index (χ4v) is 2.46. The molecule has 1 atom stereocenters. The number of carbonyl (C=O) groups excluding carboxylic acids is 2. The van der Waals surface area contributed by atoms with Crippen molar-refractivity contribution in [2.24, 2.45) is 0 Å².